The predicted molar refractivity (Wildman–Crippen MR) is 64.0 cm³/mol. The van der Waals surface area contributed by atoms with E-state index in [1.165, 1.54) is 0 Å². The van der Waals surface area contributed by atoms with Gasteiger partial charge in [0.2, 0.25) is 15.8 Å². The molecule has 0 saturated carbocycles. The van der Waals surface area contributed by atoms with E-state index in [0.717, 1.165) is 8.87 Å². The van der Waals surface area contributed by atoms with Gasteiger partial charge in [0.05, 0.1) is 12.6 Å². The topological polar surface area (TPSA) is 91.9 Å². The molecule has 1 unspecified atom stereocenters. The van der Waals surface area contributed by atoms with E-state index in [4.69, 9.17) is 5.26 Å². The Morgan fingerprint density at radius 2 is 2.05 bits per heavy atom. The van der Waals surface area contributed by atoms with Gasteiger partial charge in [0.1, 0.15) is 5.82 Å². The van der Waals surface area contributed by atoms with Crippen molar-refractivity contribution in [1.82, 2.24) is 19.1 Å². The number of sulfonamides is 1. The molecular weight excluding hydrogens is 311 g/mol. The third-order valence-electron chi connectivity index (χ3n) is 3.21. The van der Waals surface area contributed by atoms with Gasteiger partial charge in [0.25, 0.3) is 0 Å². The summed E-state index contributed by atoms with van der Waals surface area (Å²) < 4.78 is 64.2. The molecule has 0 spiro atoms. The summed E-state index contributed by atoms with van der Waals surface area (Å²) in [6, 6.07) is 1.69. The van der Waals surface area contributed by atoms with E-state index in [1.54, 1.807) is 13.0 Å². The number of nitrogens with zero attached hydrogens (tertiary/aromatic N) is 5. The van der Waals surface area contributed by atoms with Crippen molar-refractivity contribution in [1.29, 1.82) is 5.26 Å². The average Bonchev–Trinajstić information content (AvgIpc) is 2.82. The van der Waals surface area contributed by atoms with E-state index in [0.29, 0.717) is 0 Å². The minimum absolute atomic E-state index is 0.0788. The fourth-order valence-corrected chi connectivity index (χ4v) is 3.66. The molecule has 0 saturated heterocycles. The van der Waals surface area contributed by atoms with Gasteiger partial charge in [0, 0.05) is 13.1 Å². The maximum atomic E-state index is 12.7. The number of hydrogen-bond donors (Lipinski definition) is 0. The third-order valence-corrected chi connectivity index (χ3v) is 5.40. The molecule has 0 fully saturated rings. The molecule has 2 rings (SSSR count). The van der Waals surface area contributed by atoms with Crippen LogP contribution >= 0.6 is 0 Å². The summed E-state index contributed by atoms with van der Waals surface area (Å²) in [6.45, 7) is 0.899. The zero-order valence-electron chi connectivity index (χ0n) is 11.0. The van der Waals surface area contributed by atoms with Crippen molar-refractivity contribution in [2.75, 3.05) is 6.54 Å². The van der Waals surface area contributed by atoms with E-state index >= 15 is 0 Å². The first-order valence-corrected chi connectivity index (χ1v) is 7.60. The monoisotopic (exact) mass is 323 g/mol. The number of nitriles is 1. The highest BCUT2D eigenvalue weighted by atomic mass is 32.2. The molecule has 0 bridgehead atoms. The highest BCUT2D eigenvalue weighted by Crippen LogP contribution is 2.30. The number of aromatic nitrogens is 3. The van der Waals surface area contributed by atoms with Gasteiger partial charge in [-0.15, -0.1) is 10.2 Å². The Kier molecular flexibility index (Phi) is 3.94. The van der Waals surface area contributed by atoms with Crippen molar-refractivity contribution in [3.05, 3.63) is 11.6 Å². The smallest absolute Gasteiger partial charge is 0.305 e. The Morgan fingerprint density at radius 1 is 1.38 bits per heavy atom. The lowest BCUT2D eigenvalue weighted by Crippen LogP contribution is -2.43. The molecule has 0 aliphatic carbocycles. The van der Waals surface area contributed by atoms with Crippen molar-refractivity contribution in [2.24, 2.45) is 0 Å². The van der Waals surface area contributed by atoms with Crippen molar-refractivity contribution >= 4 is 10.0 Å². The summed E-state index contributed by atoms with van der Waals surface area (Å²) in [5, 5.41) is 14.1. The van der Waals surface area contributed by atoms with Crippen LogP contribution in [0.3, 0.4) is 0 Å². The van der Waals surface area contributed by atoms with E-state index in [-0.39, 0.29) is 31.9 Å². The number of halogens is 3. The van der Waals surface area contributed by atoms with Crippen LogP contribution in [-0.4, -0.2) is 39.3 Å². The normalized spacial score (nSPS) is 18.0. The van der Waals surface area contributed by atoms with E-state index in [9.17, 15) is 21.6 Å². The molecule has 1 aliphatic rings. The quantitative estimate of drug-likeness (QED) is 0.818. The molecule has 21 heavy (non-hydrogen) atoms. The first-order valence-electron chi connectivity index (χ1n) is 6.09. The lowest BCUT2D eigenvalue weighted by atomic mass is 10.4. The highest BCUT2D eigenvalue weighted by Gasteiger charge is 2.41. The molecule has 1 aromatic heterocycles. The van der Waals surface area contributed by atoms with Crippen molar-refractivity contribution < 1.29 is 21.6 Å². The van der Waals surface area contributed by atoms with Crippen LogP contribution in [0.1, 0.15) is 25.0 Å². The number of alkyl halides is 3. The zero-order valence-corrected chi connectivity index (χ0v) is 11.8. The van der Waals surface area contributed by atoms with Crippen molar-refractivity contribution in [3.8, 4) is 6.07 Å². The number of fused-ring (bicyclic) bond motifs is 1. The van der Waals surface area contributed by atoms with E-state index in [1.807, 2.05) is 0 Å². The molecule has 0 radical (unpaired) electrons. The van der Waals surface area contributed by atoms with Gasteiger partial charge in [-0.05, 0) is 6.42 Å². The average molecular weight is 323 g/mol. The van der Waals surface area contributed by atoms with Crippen LogP contribution in [-0.2, 0) is 29.3 Å². The first-order chi connectivity index (χ1) is 9.71. The van der Waals surface area contributed by atoms with Gasteiger partial charge < -0.3 is 4.57 Å². The zero-order chi connectivity index (χ0) is 15.8. The molecule has 116 valence electrons. The first kappa shape index (κ1) is 15.7. The lowest BCUT2D eigenvalue weighted by molar-refractivity contribution is -0.147. The molecule has 1 aromatic rings. The molecule has 7 nitrogen and oxygen atoms in total. The Hall–Kier alpha value is -1.67. The maximum absolute atomic E-state index is 12.7. The molecule has 0 amide bonds. The second-order valence-electron chi connectivity index (χ2n) is 4.49. The van der Waals surface area contributed by atoms with Gasteiger partial charge in [-0.2, -0.15) is 22.7 Å². The van der Waals surface area contributed by atoms with Crippen LogP contribution in [0.15, 0.2) is 0 Å². The van der Waals surface area contributed by atoms with Gasteiger partial charge >= 0.3 is 6.18 Å². The standard InChI is InChI=1S/C10H12F3N5O2S/c1-2-7(5-14)21(19,20)17-3-4-18-8(6-17)15-16-9(18)10(11,12)13/h7H,2-4,6H2,1H3. The maximum Gasteiger partial charge on any atom is 0.451 e. The largest absolute Gasteiger partial charge is 0.451 e. The summed E-state index contributed by atoms with van der Waals surface area (Å²) in [4.78, 5) is 0. The minimum atomic E-state index is -4.63. The predicted octanol–water partition coefficient (Wildman–Crippen LogP) is 0.744. The van der Waals surface area contributed by atoms with Gasteiger partial charge in [0.15, 0.2) is 5.25 Å². The Balaban J connectivity index is 2.30. The molecule has 0 aromatic carbocycles. The SMILES string of the molecule is CCC(C#N)S(=O)(=O)N1CCn2c(nnc2C(F)(F)F)C1. The molecule has 1 atom stereocenters. The van der Waals surface area contributed by atoms with Crippen LogP contribution in [0.25, 0.3) is 0 Å². The summed E-state index contributed by atoms with van der Waals surface area (Å²) in [7, 11) is -3.88. The molecule has 1 aliphatic heterocycles. The summed E-state index contributed by atoms with van der Waals surface area (Å²) in [6.07, 6.45) is -4.53. The van der Waals surface area contributed by atoms with Crippen LogP contribution in [0.2, 0.25) is 0 Å². The third kappa shape index (κ3) is 2.73. The Bertz CT molecular complexity index is 676. The van der Waals surface area contributed by atoms with Crippen LogP contribution in [0, 0.1) is 11.3 Å². The van der Waals surface area contributed by atoms with E-state index in [2.05, 4.69) is 10.2 Å². The van der Waals surface area contributed by atoms with Crippen LogP contribution in [0.4, 0.5) is 13.2 Å². The van der Waals surface area contributed by atoms with E-state index < -0.39 is 27.3 Å². The highest BCUT2D eigenvalue weighted by molar-refractivity contribution is 7.89. The lowest BCUT2D eigenvalue weighted by Gasteiger charge is -2.28. The second-order valence-corrected chi connectivity index (χ2v) is 6.61. The molecule has 11 heteroatoms. The fraction of sp³-hybridized carbons (Fsp3) is 0.700. The molecular formula is C10H12F3N5O2S. The van der Waals surface area contributed by atoms with Gasteiger partial charge in [-0.3, -0.25) is 0 Å². The van der Waals surface area contributed by atoms with Crippen molar-refractivity contribution in [3.63, 3.8) is 0 Å². The summed E-state index contributed by atoms with van der Waals surface area (Å²) >= 11 is 0. The second kappa shape index (κ2) is 5.27. The van der Waals surface area contributed by atoms with Crippen LogP contribution < -0.4 is 0 Å². The van der Waals surface area contributed by atoms with Crippen molar-refractivity contribution in [2.45, 2.75) is 37.9 Å². The van der Waals surface area contributed by atoms with Gasteiger partial charge in [-0.25, -0.2) is 8.42 Å². The van der Waals surface area contributed by atoms with Gasteiger partial charge in [-0.1, -0.05) is 6.92 Å². The number of rotatable bonds is 3. The summed E-state index contributed by atoms with van der Waals surface area (Å²) in [5.74, 6) is -1.22. The number of hydrogen-bond acceptors (Lipinski definition) is 5. The fourth-order valence-electron chi connectivity index (χ4n) is 2.11. The Labute approximate surface area is 119 Å². The molecule has 0 N–H and O–H groups in total. The minimum Gasteiger partial charge on any atom is -0.305 e. The Morgan fingerprint density at radius 3 is 2.57 bits per heavy atom. The van der Waals surface area contributed by atoms with Crippen LogP contribution in [0.5, 0.6) is 0 Å². The summed E-state index contributed by atoms with van der Waals surface area (Å²) in [5.41, 5.74) is 0. The molecule has 2 heterocycles.